The second-order valence-electron chi connectivity index (χ2n) is 5.11. The minimum Gasteiger partial charge on any atom is -0.364 e. The average molecular weight is 199 g/mol. The summed E-state index contributed by atoms with van der Waals surface area (Å²) >= 11 is 0. The quantitative estimate of drug-likeness (QED) is 0.651. The van der Waals surface area contributed by atoms with Gasteiger partial charge in [0, 0.05) is 5.92 Å². The number of aliphatic hydroxyl groups is 2. The van der Waals surface area contributed by atoms with Gasteiger partial charge in [-0.1, -0.05) is 13.8 Å². The molecule has 0 spiro atoms. The van der Waals surface area contributed by atoms with E-state index in [1.54, 1.807) is 0 Å². The molecule has 0 amide bonds. The lowest BCUT2D eigenvalue weighted by atomic mass is 9.78. The maximum atomic E-state index is 10.3. The summed E-state index contributed by atoms with van der Waals surface area (Å²) in [7, 11) is 0. The maximum Gasteiger partial charge on any atom is 0.183 e. The third kappa shape index (κ3) is 1.16. The predicted octanol–water partition coefficient (Wildman–Crippen LogP) is 0.952. The van der Waals surface area contributed by atoms with Crippen molar-refractivity contribution in [2.45, 2.75) is 50.9 Å². The van der Waals surface area contributed by atoms with Gasteiger partial charge in [-0.15, -0.1) is 0 Å². The molecule has 2 aliphatic rings. The zero-order chi connectivity index (χ0) is 10.4. The van der Waals surface area contributed by atoms with Crippen LogP contribution >= 0.6 is 0 Å². The Morgan fingerprint density at radius 1 is 1.14 bits per heavy atom. The topological polar surface area (TPSA) is 43.7 Å². The van der Waals surface area contributed by atoms with Gasteiger partial charge in [0.05, 0.1) is 5.54 Å². The molecule has 0 saturated carbocycles. The molecule has 2 heterocycles. The van der Waals surface area contributed by atoms with Crippen molar-refractivity contribution in [1.82, 2.24) is 4.90 Å². The highest BCUT2D eigenvalue weighted by Crippen LogP contribution is 2.47. The molecule has 0 atom stereocenters. The number of nitrogens with zero attached hydrogens (tertiary/aromatic N) is 1. The van der Waals surface area contributed by atoms with Crippen LogP contribution in [0.25, 0.3) is 0 Å². The van der Waals surface area contributed by atoms with E-state index in [1.165, 1.54) is 0 Å². The van der Waals surface area contributed by atoms with Gasteiger partial charge in [0.25, 0.3) is 0 Å². The number of hydrogen-bond donors (Lipinski definition) is 2. The van der Waals surface area contributed by atoms with Gasteiger partial charge in [0.1, 0.15) is 0 Å². The van der Waals surface area contributed by atoms with Crippen LogP contribution in [-0.2, 0) is 0 Å². The van der Waals surface area contributed by atoms with E-state index in [4.69, 9.17) is 0 Å². The summed E-state index contributed by atoms with van der Waals surface area (Å²) in [6, 6.07) is 0. The van der Waals surface area contributed by atoms with Crippen LogP contribution in [-0.4, -0.2) is 39.5 Å². The molecule has 0 aromatic carbocycles. The van der Waals surface area contributed by atoms with Gasteiger partial charge in [0.2, 0.25) is 0 Å². The zero-order valence-electron chi connectivity index (χ0n) is 9.16. The fraction of sp³-hybridized carbons (Fsp3) is 1.00. The fourth-order valence-electron chi connectivity index (χ4n) is 3.24. The molecule has 2 fully saturated rings. The molecule has 2 rings (SSSR count). The lowest BCUT2D eigenvalue weighted by Gasteiger charge is -2.45. The monoisotopic (exact) mass is 199 g/mol. The summed E-state index contributed by atoms with van der Waals surface area (Å²) < 4.78 is 0. The van der Waals surface area contributed by atoms with Gasteiger partial charge in [-0.2, -0.15) is 0 Å². The van der Waals surface area contributed by atoms with Gasteiger partial charge in [-0.25, -0.2) is 0 Å². The molecule has 2 saturated heterocycles. The molecule has 3 nitrogen and oxygen atoms in total. The molecule has 14 heavy (non-hydrogen) atoms. The normalized spacial score (nSPS) is 27.2. The lowest BCUT2D eigenvalue weighted by molar-refractivity contribution is -0.260. The molecule has 0 bridgehead atoms. The largest absolute Gasteiger partial charge is 0.364 e. The Labute approximate surface area is 85.7 Å². The van der Waals surface area contributed by atoms with E-state index in [0.717, 1.165) is 38.8 Å². The number of hydrogen-bond acceptors (Lipinski definition) is 3. The van der Waals surface area contributed by atoms with Gasteiger partial charge < -0.3 is 10.2 Å². The van der Waals surface area contributed by atoms with Crippen LogP contribution in [0.15, 0.2) is 0 Å². The van der Waals surface area contributed by atoms with E-state index < -0.39 is 5.79 Å². The summed E-state index contributed by atoms with van der Waals surface area (Å²) in [5, 5.41) is 20.5. The molecular formula is C11H21NO2. The third-order valence-corrected chi connectivity index (χ3v) is 4.13. The van der Waals surface area contributed by atoms with Crippen molar-refractivity contribution in [3.05, 3.63) is 0 Å². The molecule has 82 valence electrons. The second kappa shape index (κ2) is 3.19. The lowest BCUT2D eigenvalue weighted by Crippen LogP contribution is -2.61. The maximum absolute atomic E-state index is 10.3. The molecular weight excluding hydrogens is 178 g/mol. The van der Waals surface area contributed by atoms with Crippen molar-refractivity contribution in [2.24, 2.45) is 5.92 Å². The third-order valence-electron chi connectivity index (χ3n) is 4.13. The zero-order valence-corrected chi connectivity index (χ0v) is 9.16. The average Bonchev–Trinajstić information content (AvgIpc) is 2.59. The highest BCUT2D eigenvalue weighted by atomic mass is 16.5. The highest BCUT2D eigenvalue weighted by Gasteiger charge is 2.58. The van der Waals surface area contributed by atoms with Crippen molar-refractivity contribution < 1.29 is 10.2 Å². The smallest absolute Gasteiger partial charge is 0.183 e. The summed E-state index contributed by atoms with van der Waals surface area (Å²) in [5.74, 6) is -1.61. The SMILES string of the molecule is CC(C)C(O)(O)C12CCCN1CCC2. The molecule has 0 aliphatic carbocycles. The summed E-state index contributed by atoms with van der Waals surface area (Å²) in [4.78, 5) is 2.28. The minimum absolute atomic E-state index is 0.0961. The number of rotatable bonds is 2. The van der Waals surface area contributed by atoms with E-state index in [-0.39, 0.29) is 11.5 Å². The van der Waals surface area contributed by atoms with Crippen LogP contribution in [0.5, 0.6) is 0 Å². The molecule has 0 radical (unpaired) electrons. The van der Waals surface area contributed by atoms with Crippen molar-refractivity contribution in [3.63, 3.8) is 0 Å². The van der Waals surface area contributed by atoms with E-state index in [1.807, 2.05) is 13.8 Å². The summed E-state index contributed by atoms with van der Waals surface area (Å²) in [5.41, 5.74) is -0.332. The molecule has 3 heteroatoms. The standard InChI is InChI=1S/C11H21NO2/c1-9(2)11(13,14)10-5-3-7-12(10)8-4-6-10/h9,13-14H,3-8H2,1-2H3. The Kier molecular flexibility index (Phi) is 2.37. The van der Waals surface area contributed by atoms with Gasteiger partial charge in [-0.05, 0) is 38.8 Å². The first kappa shape index (κ1) is 10.4. The van der Waals surface area contributed by atoms with E-state index in [2.05, 4.69) is 4.90 Å². The van der Waals surface area contributed by atoms with Crippen LogP contribution in [0.2, 0.25) is 0 Å². The first-order valence-corrected chi connectivity index (χ1v) is 5.70. The van der Waals surface area contributed by atoms with E-state index in [0.29, 0.717) is 0 Å². The van der Waals surface area contributed by atoms with Gasteiger partial charge in [-0.3, -0.25) is 4.90 Å². The highest BCUT2D eigenvalue weighted by molar-refractivity contribution is 5.09. The molecule has 2 N–H and O–H groups in total. The first-order valence-electron chi connectivity index (χ1n) is 5.70. The van der Waals surface area contributed by atoms with Crippen LogP contribution in [0.1, 0.15) is 39.5 Å². The minimum atomic E-state index is -1.51. The van der Waals surface area contributed by atoms with Crippen molar-refractivity contribution in [2.75, 3.05) is 13.1 Å². The fourth-order valence-corrected chi connectivity index (χ4v) is 3.24. The Balaban J connectivity index is 2.30. The molecule has 0 unspecified atom stereocenters. The Morgan fingerprint density at radius 2 is 1.64 bits per heavy atom. The molecule has 2 aliphatic heterocycles. The van der Waals surface area contributed by atoms with Crippen LogP contribution in [0, 0.1) is 5.92 Å². The summed E-state index contributed by atoms with van der Waals surface area (Å²) in [6.45, 7) is 5.86. The van der Waals surface area contributed by atoms with Gasteiger partial charge in [0.15, 0.2) is 5.79 Å². The summed E-state index contributed by atoms with van der Waals surface area (Å²) in [6.07, 6.45) is 4.10. The predicted molar refractivity (Wildman–Crippen MR) is 54.8 cm³/mol. The van der Waals surface area contributed by atoms with Crippen LogP contribution in [0.3, 0.4) is 0 Å². The second-order valence-corrected chi connectivity index (χ2v) is 5.11. The first-order chi connectivity index (χ1) is 6.51. The number of fused-ring (bicyclic) bond motifs is 1. The van der Waals surface area contributed by atoms with E-state index >= 15 is 0 Å². The van der Waals surface area contributed by atoms with Crippen molar-refractivity contribution in [3.8, 4) is 0 Å². The molecule has 0 aromatic rings. The Hall–Kier alpha value is -0.120. The Bertz CT molecular complexity index is 215. The van der Waals surface area contributed by atoms with Crippen molar-refractivity contribution in [1.29, 1.82) is 0 Å². The van der Waals surface area contributed by atoms with Gasteiger partial charge >= 0.3 is 0 Å². The van der Waals surface area contributed by atoms with Crippen LogP contribution < -0.4 is 0 Å². The van der Waals surface area contributed by atoms with E-state index in [9.17, 15) is 10.2 Å². The molecule has 0 aromatic heterocycles. The van der Waals surface area contributed by atoms with Crippen molar-refractivity contribution >= 4 is 0 Å². The van der Waals surface area contributed by atoms with Crippen LogP contribution in [0.4, 0.5) is 0 Å². The Morgan fingerprint density at radius 3 is 2.07 bits per heavy atom.